The Bertz CT molecular complexity index is 549. The number of carbonyl (C=O) groups is 2. The molecule has 5 heteroatoms. The lowest BCUT2D eigenvalue weighted by molar-refractivity contribution is -0.131. The summed E-state index contributed by atoms with van der Waals surface area (Å²) in [6.45, 7) is 6.45. The number of hydrogen-bond donors (Lipinski definition) is 1. The maximum absolute atomic E-state index is 12.5. The predicted molar refractivity (Wildman–Crippen MR) is 81.5 cm³/mol. The summed E-state index contributed by atoms with van der Waals surface area (Å²) >= 11 is 0. The summed E-state index contributed by atoms with van der Waals surface area (Å²) < 4.78 is 5.18. The standard InChI is InChI=1S/C16H21NO4/c1-5-17(11(2)3)16(20)13-6-8-14(21-4)12(10-13)7-9-15(18)19/h6-11H,5H2,1-4H3,(H,18,19). The van der Waals surface area contributed by atoms with Gasteiger partial charge in [0.25, 0.3) is 5.91 Å². The van der Waals surface area contributed by atoms with Crippen LogP contribution in [-0.2, 0) is 4.79 Å². The third-order valence-electron chi connectivity index (χ3n) is 3.11. The number of benzene rings is 1. The second-order valence-corrected chi connectivity index (χ2v) is 4.81. The number of ether oxygens (including phenoxy) is 1. The van der Waals surface area contributed by atoms with E-state index in [1.807, 2.05) is 20.8 Å². The molecule has 0 radical (unpaired) electrons. The third-order valence-corrected chi connectivity index (χ3v) is 3.11. The Labute approximate surface area is 124 Å². The fraction of sp³-hybridized carbons (Fsp3) is 0.375. The van der Waals surface area contributed by atoms with Crippen molar-refractivity contribution in [3.05, 3.63) is 35.4 Å². The highest BCUT2D eigenvalue weighted by Gasteiger charge is 2.17. The molecule has 1 aromatic rings. The second kappa shape index (κ2) is 7.47. The quantitative estimate of drug-likeness (QED) is 0.818. The first-order valence-corrected chi connectivity index (χ1v) is 6.80. The van der Waals surface area contributed by atoms with Crippen LogP contribution < -0.4 is 4.74 Å². The summed E-state index contributed by atoms with van der Waals surface area (Å²) in [5, 5.41) is 8.71. The van der Waals surface area contributed by atoms with Crippen LogP contribution in [0.4, 0.5) is 0 Å². The molecule has 1 aromatic carbocycles. The van der Waals surface area contributed by atoms with E-state index >= 15 is 0 Å². The van der Waals surface area contributed by atoms with Gasteiger partial charge in [-0.1, -0.05) is 0 Å². The van der Waals surface area contributed by atoms with Gasteiger partial charge in [-0.3, -0.25) is 4.79 Å². The van der Waals surface area contributed by atoms with Crippen molar-refractivity contribution in [3.8, 4) is 5.75 Å². The fourth-order valence-corrected chi connectivity index (χ4v) is 2.07. The Balaban J connectivity index is 3.18. The molecule has 0 saturated carbocycles. The van der Waals surface area contributed by atoms with Crippen molar-refractivity contribution in [1.29, 1.82) is 0 Å². The monoisotopic (exact) mass is 291 g/mol. The van der Waals surface area contributed by atoms with E-state index in [4.69, 9.17) is 9.84 Å². The zero-order valence-corrected chi connectivity index (χ0v) is 12.8. The van der Waals surface area contributed by atoms with E-state index in [1.165, 1.54) is 13.2 Å². The molecule has 0 bridgehead atoms. The normalized spacial score (nSPS) is 10.9. The van der Waals surface area contributed by atoms with E-state index in [0.717, 1.165) is 6.08 Å². The molecule has 1 amide bonds. The van der Waals surface area contributed by atoms with Gasteiger partial charge in [-0.25, -0.2) is 4.79 Å². The first-order valence-electron chi connectivity index (χ1n) is 6.80. The lowest BCUT2D eigenvalue weighted by Gasteiger charge is -2.25. The minimum atomic E-state index is -1.05. The van der Waals surface area contributed by atoms with Gasteiger partial charge >= 0.3 is 5.97 Å². The number of amides is 1. The van der Waals surface area contributed by atoms with Gasteiger partial charge in [0.15, 0.2) is 0 Å². The molecule has 0 atom stereocenters. The number of hydrogen-bond acceptors (Lipinski definition) is 3. The maximum atomic E-state index is 12.5. The Morgan fingerprint density at radius 1 is 1.38 bits per heavy atom. The van der Waals surface area contributed by atoms with Crippen LogP contribution in [0.3, 0.4) is 0 Å². The molecule has 0 saturated heterocycles. The molecule has 114 valence electrons. The van der Waals surface area contributed by atoms with Gasteiger partial charge in [-0.2, -0.15) is 0 Å². The molecule has 0 unspecified atom stereocenters. The fourth-order valence-electron chi connectivity index (χ4n) is 2.07. The number of methoxy groups -OCH3 is 1. The van der Waals surface area contributed by atoms with Crippen LogP contribution in [0.15, 0.2) is 24.3 Å². The number of carboxylic acids is 1. The molecule has 0 aliphatic rings. The summed E-state index contributed by atoms with van der Waals surface area (Å²) in [5.74, 6) is -0.608. The average molecular weight is 291 g/mol. The highest BCUT2D eigenvalue weighted by atomic mass is 16.5. The van der Waals surface area contributed by atoms with Crippen LogP contribution in [0.5, 0.6) is 5.75 Å². The van der Waals surface area contributed by atoms with Gasteiger partial charge in [-0.05, 0) is 45.0 Å². The minimum absolute atomic E-state index is 0.0832. The number of rotatable bonds is 6. The van der Waals surface area contributed by atoms with Crippen molar-refractivity contribution in [1.82, 2.24) is 4.90 Å². The lowest BCUT2D eigenvalue weighted by atomic mass is 10.1. The number of carbonyl (C=O) groups excluding carboxylic acids is 1. The molecule has 0 aliphatic carbocycles. The molecule has 0 spiro atoms. The largest absolute Gasteiger partial charge is 0.496 e. The summed E-state index contributed by atoms with van der Waals surface area (Å²) in [6.07, 6.45) is 2.44. The SMILES string of the molecule is CCN(C(=O)c1ccc(OC)c(C=CC(=O)O)c1)C(C)C. The lowest BCUT2D eigenvalue weighted by Crippen LogP contribution is -2.36. The summed E-state index contributed by atoms with van der Waals surface area (Å²) in [7, 11) is 1.50. The smallest absolute Gasteiger partial charge is 0.328 e. The molecule has 1 N–H and O–H groups in total. The molecule has 1 rings (SSSR count). The first kappa shape index (κ1) is 16.8. The van der Waals surface area contributed by atoms with Crippen LogP contribution >= 0.6 is 0 Å². The molecule has 0 aliphatic heterocycles. The van der Waals surface area contributed by atoms with Crippen LogP contribution in [0.2, 0.25) is 0 Å². The molecule has 0 fully saturated rings. The van der Waals surface area contributed by atoms with E-state index in [0.29, 0.717) is 23.4 Å². The summed E-state index contributed by atoms with van der Waals surface area (Å²) in [4.78, 5) is 24.8. The van der Waals surface area contributed by atoms with E-state index in [9.17, 15) is 9.59 Å². The van der Waals surface area contributed by atoms with Gasteiger partial charge in [-0.15, -0.1) is 0 Å². The van der Waals surface area contributed by atoms with E-state index in [-0.39, 0.29) is 11.9 Å². The van der Waals surface area contributed by atoms with Gasteiger partial charge in [0.2, 0.25) is 0 Å². The van der Waals surface area contributed by atoms with Crippen molar-refractivity contribution in [2.75, 3.05) is 13.7 Å². The van der Waals surface area contributed by atoms with Crippen molar-refractivity contribution in [2.45, 2.75) is 26.8 Å². The van der Waals surface area contributed by atoms with Gasteiger partial charge in [0.1, 0.15) is 5.75 Å². The minimum Gasteiger partial charge on any atom is -0.496 e. The Kier molecular flexibility index (Phi) is 5.96. The number of aliphatic carboxylic acids is 1. The third kappa shape index (κ3) is 4.34. The summed E-state index contributed by atoms with van der Waals surface area (Å²) in [5.41, 5.74) is 1.07. The van der Waals surface area contributed by atoms with Crippen molar-refractivity contribution in [3.63, 3.8) is 0 Å². The number of carboxylic acid groups (broad SMARTS) is 1. The zero-order valence-electron chi connectivity index (χ0n) is 12.8. The van der Waals surface area contributed by atoms with Crippen LogP contribution in [0.25, 0.3) is 6.08 Å². The van der Waals surface area contributed by atoms with Gasteiger partial charge in [0, 0.05) is 29.8 Å². The zero-order chi connectivity index (χ0) is 16.0. The predicted octanol–water partition coefficient (Wildman–Crippen LogP) is 2.66. The van der Waals surface area contributed by atoms with E-state index in [2.05, 4.69) is 0 Å². The van der Waals surface area contributed by atoms with Gasteiger partial charge in [0.05, 0.1) is 7.11 Å². The molecule has 0 heterocycles. The number of nitrogens with zero attached hydrogens (tertiary/aromatic N) is 1. The molecule has 21 heavy (non-hydrogen) atoms. The van der Waals surface area contributed by atoms with Crippen LogP contribution in [0.1, 0.15) is 36.7 Å². The van der Waals surface area contributed by atoms with Gasteiger partial charge < -0.3 is 14.7 Å². The first-order chi connectivity index (χ1) is 9.90. The van der Waals surface area contributed by atoms with E-state index in [1.54, 1.807) is 23.1 Å². The second-order valence-electron chi connectivity index (χ2n) is 4.81. The van der Waals surface area contributed by atoms with Crippen LogP contribution in [-0.4, -0.2) is 41.6 Å². The highest BCUT2D eigenvalue weighted by molar-refractivity contribution is 5.95. The Morgan fingerprint density at radius 2 is 2.05 bits per heavy atom. The van der Waals surface area contributed by atoms with Crippen molar-refractivity contribution < 1.29 is 19.4 Å². The molecular formula is C16H21NO4. The topological polar surface area (TPSA) is 66.8 Å². The molecular weight excluding hydrogens is 270 g/mol. The summed E-state index contributed by atoms with van der Waals surface area (Å²) in [6, 6.07) is 5.10. The van der Waals surface area contributed by atoms with Crippen molar-refractivity contribution in [2.24, 2.45) is 0 Å². The Hall–Kier alpha value is -2.30. The maximum Gasteiger partial charge on any atom is 0.328 e. The highest BCUT2D eigenvalue weighted by Crippen LogP contribution is 2.22. The van der Waals surface area contributed by atoms with Crippen LogP contribution in [0, 0.1) is 0 Å². The molecule has 5 nitrogen and oxygen atoms in total. The van der Waals surface area contributed by atoms with E-state index < -0.39 is 5.97 Å². The molecule has 0 aromatic heterocycles. The average Bonchev–Trinajstić information content (AvgIpc) is 2.44. The Morgan fingerprint density at radius 3 is 2.52 bits per heavy atom. The van der Waals surface area contributed by atoms with Crippen molar-refractivity contribution >= 4 is 18.0 Å².